The zero-order chi connectivity index (χ0) is 27.8. The maximum absolute atomic E-state index is 13.7. The number of nitrogens with one attached hydrogen (secondary N) is 1. The van der Waals surface area contributed by atoms with Gasteiger partial charge >= 0.3 is 18.2 Å². The molecule has 36 heavy (non-hydrogen) atoms. The predicted octanol–water partition coefficient (Wildman–Crippen LogP) is 5.31. The van der Waals surface area contributed by atoms with Crippen molar-refractivity contribution in [1.29, 1.82) is 0 Å². The van der Waals surface area contributed by atoms with Gasteiger partial charge in [0.2, 0.25) is 0 Å². The Balaban J connectivity index is 3.41. The smallest absolute Gasteiger partial charge is 0.430 e. The minimum Gasteiger partial charge on any atom is -0.454 e. The number of carbonyl (C=O) groups is 3. The lowest BCUT2D eigenvalue weighted by molar-refractivity contribution is -0.160. The number of amides is 2. The number of benzene rings is 1. The second kappa shape index (κ2) is 12.9. The van der Waals surface area contributed by atoms with Gasteiger partial charge in [0.05, 0.1) is 0 Å². The van der Waals surface area contributed by atoms with Crippen molar-refractivity contribution in [2.75, 3.05) is 14.1 Å². The van der Waals surface area contributed by atoms with Gasteiger partial charge in [0.25, 0.3) is 0 Å². The van der Waals surface area contributed by atoms with Crippen LogP contribution in [0.2, 0.25) is 0 Å². The highest BCUT2D eigenvalue weighted by atomic mass is 16.6. The second-order valence-corrected chi connectivity index (χ2v) is 11.6. The summed E-state index contributed by atoms with van der Waals surface area (Å²) in [7, 11) is 3.80. The Kier molecular flexibility index (Phi) is 11.2. The molecular weight excluding hydrogens is 462 g/mol. The average Bonchev–Trinajstić information content (AvgIpc) is 2.71. The van der Waals surface area contributed by atoms with Gasteiger partial charge in [0, 0.05) is 6.04 Å². The van der Waals surface area contributed by atoms with E-state index in [1.165, 1.54) is 0 Å². The molecule has 0 spiro atoms. The molecule has 0 aliphatic rings. The molecule has 0 bridgehead atoms. The summed E-state index contributed by atoms with van der Waals surface area (Å²) in [6.07, 6.45) is -2.14. The summed E-state index contributed by atoms with van der Waals surface area (Å²) in [5.41, 5.74) is 1.59. The first-order chi connectivity index (χ1) is 16.4. The van der Waals surface area contributed by atoms with Gasteiger partial charge in [-0.15, -0.1) is 0 Å². The summed E-state index contributed by atoms with van der Waals surface area (Å²) >= 11 is 0. The summed E-state index contributed by atoms with van der Waals surface area (Å²) in [6, 6.07) is 8.11. The van der Waals surface area contributed by atoms with Gasteiger partial charge in [0.15, 0.2) is 6.04 Å². The van der Waals surface area contributed by atoms with E-state index in [-0.39, 0.29) is 18.4 Å². The number of hydrogen-bond acceptors (Lipinski definition) is 7. The molecule has 9 heteroatoms. The second-order valence-electron chi connectivity index (χ2n) is 11.6. The standard InChI is InChI=1S/C27H45N3O6/c1-18(2)17-21(23(31)34-22(19(3)29(10)11)20-15-13-12-14-16-20)30(25(33)36-27(7,8)9)28-24(32)35-26(4,5)6/h12-16,18-19,21-22H,17H2,1-11H3,(H,28,32)/t19-,21+,22-/m0/s1. The Bertz CT molecular complexity index is 859. The van der Waals surface area contributed by atoms with E-state index >= 15 is 0 Å². The molecule has 0 saturated carbocycles. The fraction of sp³-hybridized carbons (Fsp3) is 0.667. The monoisotopic (exact) mass is 507 g/mol. The minimum atomic E-state index is -1.15. The van der Waals surface area contributed by atoms with Gasteiger partial charge in [-0.05, 0) is 80.5 Å². The zero-order valence-corrected chi connectivity index (χ0v) is 23.7. The Hall–Kier alpha value is -2.81. The van der Waals surface area contributed by atoms with Crippen molar-refractivity contribution < 1.29 is 28.6 Å². The first kappa shape index (κ1) is 31.2. The average molecular weight is 508 g/mol. The molecule has 0 fully saturated rings. The van der Waals surface area contributed by atoms with Crippen molar-refractivity contribution in [3.8, 4) is 0 Å². The number of hydrogen-bond donors (Lipinski definition) is 1. The van der Waals surface area contributed by atoms with Crippen molar-refractivity contribution in [2.45, 2.75) is 98.1 Å². The van der Waals surface area contributed by atoms with Crippen LogP contribution in [0, 0.1) is 5.92 Å². The van der Waals surface area contributed by atoms with Crippen molar-refractivity contribution >= 4 is 18.2 Å². The first-order valence-electron chi connectivity index (χ1n) is 12.3. The van der Waals surface area contributed by atoms with E-state index < -0.39 is 41.5 Å². The highest BCUT2D eigenvalue weighted by molar-refractivity contribution is 5.83. The molecule has 0 aliphatic carbocycles. The summed E-state index contributed by atoms with van der Waals surface area (Å²) in [6.45, 7) is 16.0. The van der Waals surface area contributed by atoms with E-state index in [2.05, 4.69) is 5.43 Å². The van der Waals surface area contributed by atoms with Crippen LogP contribution in [0.25, 0.3) is 0 Å². The molecule has 3 atom stereocenters. The third-order valence-electron chi connectivity index (χ3n) is 5.10. The number of esters is 1. The number of likely N-dealkylation sites (N-methyl/N-ethyl adjacent to an activating group) is 1. The molecule has 1 aromatic carbocycles. The van der Waals surface area contributed by atoms with Crippen LogP contribution in [0.4, 0.5) is 9.59 Å². The lowest BCUT2D eigenvalue weighted by Crippen LogP contribution is -2.57. The van der Waals surface area contributed by atoms with Crippen LogP contribution in [0.15, 0.2) is 30.3 Å². The molecule has 0 aliphatic heterocycles. The number of ether oxygens (including phenoxy) is 3. The topological polar surface area (TPSA) is 97.4 Å². The van der Waals surface area contributed by atoms with Gasteiger partial charge in [-0.25, -0.2) is 24.8 Å². The Morgan fingerprint density at radius 3 is 1.86 bits per heavy atom. The van der Waals surface area contributed by atoms with E-state index in [1.807, 2.05) is 70.1 Å². The van der Waals surface area contributed by atoms with Gasteiger partial charge in [-0.1, -0.05) is 44.2 Å². The van der Waals surface area contributed by atoms with Crippen LogP contribution in [0.3, 0.4) is 0 Å². The van der Waals surface area contributed by atoms with Crippen LogP contribution < -0.4 is 5.43 Å². The van der Waals surface area contributed by atoms with Crippen molar-refractivity contribution in [3.05, 3.63) is 35.9 Å². The van der Waals surface area contributed by atoms with Crippen molar-refractivity contribution in [3.63, 3.8) is 0 Å². The third-order valence-corrected chi connectivity index (χ3v) is 5.10. The van der Waals surface area contributed by atoms with Gasteiger partial charge in [-0.3, -0.25) is 0 Å². The SMILES string of the molecule is CC(C)C[C@H](C(=O)O[C@H](c1ccccc1)[C@H](C)N(C)C)N(NC(=O)OC(C)(C)C)C(=O)OC(C)(C)C. The molecule has 9 nitrogen and oxygen atoms in total. The molecule has 0 heterocycles. The van der Waals surface area contributed by atoms with E-state index in [1.54, 1.807) is 41.5 Å². The lowest BCUT2D eigenvalue weighted by Gasteiger charge is -2.35. The largest absolute Gasteiger partial charge is 0.454 e. The minimum absolute atomic E-state index is 0.00521. The maximum Gasteiger partial charge on any atom is 0.430 e. The summed E-state index contributed by atoms with van der Waals surface area (Å²) in [4.78, 5) is 41.5. The van der Waals surface area contributed by atoms with E-state index in [0.717, 1.165) is 10.6 Å². The lowest BCUT2D eigenvalue weighted by atomic mass is 10.0. The molecule has 1 rings (SSSR count). The van der Waals surface area contributed by atoms with Gasteiger partial charge in [0.1, 0.15) is 17.3 Å². The fourth-order valence-electron chi connectivity index (χ4n) is 3.28. The molecule has 0 aromatic heterocycles. The van der Waals surface area contributed by atoms with Crippen LogP contribution in [-0.2, 0) is 19.0 Å². The zero-order valence-electron chi connectivity index (χ0n) is 23.7. The normalized spacial score (nSPS) is 14.6. The molecular formula is C27H45N3O6. The van der Waals surface area contributed by atoms with Crippen LogP contribution >= 0.6 is 0 Å². The first-order valence-corrected chi connectivity index (χ1v) is 12.3. The van der Waals surface area contributed by atoms with E-state index in [9.17, 15) is 14.4 Å². The summed E-state index contributed by atoms with van der Waals surface area (Å²) < 4.78 is 16.9. The Morgan fingerprint density at radius 2 is 1.42 bits per heavy atom. The number of rotatable bonds is 8. The Labute approximate surface area is 216 Å². The van der Waals surface area contributed by atoms with Crippen molar-refractivity contribution in [1.82, 2.24) is 15.3 Å². The van der Waals surface area contributed by atoms with Crippen LogP contribution in [-0.4, -0.2) is 65.4 Å². The van der Waals surface area contributed by atoms with Gasteiger partial charge < -0.3 is 19.1 Å². The van der Waals surface area contributed by atoms with Crippen LogP contribution in [0.5, 0.6) is 0 Å². The molecule has 1 aromatic rings. The molecule has 0 unspecified atom stereocenters. The maximum atomic E-state index is 13.7. The fourth-order valence-corrected chi connectivity index (χ4v) is 3.28. The number of nitrogens with zero attached hydrogens (tertiary/aromatic N) is 2. The predicted molar refractivity (Wildman–Crippen MR) is 139 cm³/mol. The number of carbonyl (C=O) groups excluding carboxylic acids is 3. The molecule has 1 N–H and O–H groups in total. The highest BCUT2D eigenvalue weighted by Gasteiger charge is 2.39. The third kappa shape index (κ3) is 10.8. The molecule has 204 valence electrons. The van der Waals surface area contributed by atoms with E-state index in [4.69, 9.17) is 14.2 Å². The Morgan fingerprint density at radius 1 is 0.889 bits per heavy atom. The quantitative estimate of drug-likeness (QED) is 0.289. The van der Waals surface area contributed by atoms with E-state index in [0.29, 0.717) is 0 Å². The number of hydrazine groups is 1. The summed E-state index contributed by atoms with van der Waals surface area (Å²) in [5, 5.41) is 0.893. The van der Waals surface area contributed by atoms with Crippen LogP contribution in [0.1, 0.15) is 80.4 Å². The molecule has 0 radical (unpaired) electrons. The molecule has 2 amide bonds. The molecule has 0 saturated heterocycles. The van der Waals surface area contributed by atoms with Gasteiger partial charge in [-0.2, -0.15) is 0 Å². The summed E-state index contributed by atoms with van der Waals surface area (Å²) in [5.74, 6) is -0.664. The highest BCUT2D eigenvalue weighted by Crippen LogP contribution is 2.26. The van der Waals surface area contributed by atoms with Crippen molar-refractivity contribution in [2.24, 2.45) is 5.92 Å².